The van der Waals surface area contributed by atoms with Crippen molar-refractivity contribution in [3.8, 4) is 40.0 Å². The van der Waals surface area contributed by atoms with Gasteiger partial charge in [0.1, 0.15) is 0 Å². The minimum Gasteiger partial charge on any atom is -0.228 e. The van der Waals surface area contributed by atoms with Crippen molar-refractivity contribution in [1.82, 2.24) is 9.97 Å². The molecule has 0 fully saturated rings. The van der Waals surface area contributed by atoms with Crippen molar-refractivity contribution in [2.24, 2.45) is 0 Å². The van der Waals surface area contributed by atoms with Crippen molar-refractivity contribution in [2.75, 3.05) is 0 Å². The van der Waals surface area contributed by atoms with Crippen LogP contribution in [0.1, 0.15) is 30.5 Å². The summed E-state index contributed by atoms with van der Waals surface area (Å²) >= 11 is 1.73. The van der Waals surface area contributed by atoms with Gasteiger partial charge in [0.2, 0.25) is 0 Å². The lowest BCUT2D eigenvalue weighted by molar-refractivity contribution is 0.607. The molecule has 2 heterocycles. The lowest BCUT2D eigenvalue weighted by Gasteiger charge is -2.35. The highest BCUT2D eigenvalue weighted by Crippen LogP contribution is 2.50. The van der Waals surface area contributed by atoms with E-state index in [1.807, 2.05) is 30.3 Å². The summed E-state index contributed by atoms with van der Waals surface area (Å²) < 4.78 is 0. The van der Waals surface area contributed by atoms with E-state index in [0.717, 1.165) is 38.4 Å². The molecule has 7 rings (SSSR count). The molecule has 6 aromatic rings. The van der Waals surface area contributed by atoms with Crippen molar-refractivity contribution in [3.05, 3.63) is 132 Å². The van der Waals surface area contributed by atoms with Crippen molar-refractivity contribution in [1.29, 1.82) is 5.26 Å². The molecule has 190 valence electrons. The number of nitriles is 1. The van der Waals surface area contributed by atoms with Crippen LogP contribution in [0.3, 0.4) is 0 Å². The van der Waals surface area contributed by atoms with E-state index in [1.165, 1.54) is 21.4 Å². The lowest BCUT2D eigenvalue weighted by atomic mass is 9.76. The highest BCUT2D eigenvalue weighted by atomic mass is 32.2. The number of hydrogen-bond donors (Lipinski definition) is 0. The van der Waals surface area contributed by atoms with E-state index >= 15 is 0 Å². The van der Waals surface area contributed by atoms with Crippen LogP contribution in [-0.2, 0) is 5.41 Å². The molecule has 0 aliphatic carbocycles. The molecule has 40 heavy (non-hydrogen) atoms. The third kappa shape index (κ3) is 4.07. The number of aromatic nitrogens is 2. The van der Waals surface area contributed by atoms with Crippen LogP contribution in [0.2, 0.25) is 0 Å². The summed E-state index contributed by atoms with van der Waals surface area (Å²) in [4.78, 5) is 12.5. The van der Waals surface area contributed by atoms with Crippen LogP contribution in [0.4, 0.5) is 0 Å². The zero-order valence-electron chi connectivity index (χ0n) is 22.2. The van der Waals surface area contributed by atoms with Crippen LogP contribution in [0.5, 0.6) is 0 Å². The Hall–Kier alpha value is -4.72. The summed E-state index contributed by atoms with van der Waals surface area (Å²) in [6, 6.07) is 42.1. The maximum absolute atomic E-state index is 10.3. The predicted octanol–water partition coefficient (Wildman–Crippen LogP) is 9.29. The molecule has 0 saturated heterocycles. The van der Waals surface area contributed by atoms with Gasteiger partial charge in [-0.1, -0.05) is 111 Å². The molecule has 0 amide bonds. The zero-order valence-corrected chi connectivity index (χ0v) is 23.0. The molecule has 0 spiro atoms. The zero-order chi connectivity index (χ0) is 27.3. The summed E-state index contributed by atoms with van der Waals surface area (Å²) in [7, 11) is 0. The average Bonchev–Trinajstić information content (AvgIpc) is 3.00. The maximum Gasteiger partial charge on any atom is 0.161 e. The van der Waals surface area contributed by atoms with Crippen molar-refractivity contribution in [3.63, 3.8) is 0 Å². The summed E-state index contributed by atoms with van der Waals surface area (Å²) in [5.41, 5.74) is 7.27. The first-order valence-electron chi connectivity index (χ1n) is 13.3. The topological polar surface area (TPSA) is 49.6 Å². The van der Waals surface area contributed by atoms with E-state index in [-0.39, 0.29) is 5.41 Å². The Bertz CT molecular complexity index is 1970. The first kappa shape index (κ1) is 24.3. The molecular weight excluding hydrogens is 506 g/mol. The fraction of sp³-hybridized carbons (Fsp3) is 0.0833. The summed E-state index contributed by atoms with van der Waals surface area (Å²) in [6.07, 6.45) is 0. The monoisotopic (exact) mass is 531 g/mol. The van der Waals surface area contributed by atoms with Crippen molar-refractivity contribution < 1.29 is 0 Å². The minimum atomic E-state index is -0.224. The van der Waals surface area contributed by atoms with Gasteiger partial charge in [-0.05, 0) is 52.2 Å². The Morgan fingerprint density at radius 3 is 2.12 bits per heavy atom. The Morgan fingerprint density at radius 1 is 0.625 bits per heavy atom. The number of hydrogen-bond acceptors (Lipinski definition) is 4. The molecule has 4 heteroatoms. The van der Waals surface area contributed by atoms with Crippen LogP contribution in [0.25, 0.3) is 44.7 Å². The molecule has 0 N–H and O–H groups in total. The predicted molar refractivity (Wildman–Crippen MR) is 163 cm³/mol. The fourth-order valence-electron chi connectivity index (χ4n) is 5.59. The molecule has 1 aromatic heterocycles. The number of fused-ring (bicyclic) bond motifs is 3. The molecule has 3 nitrogen and oxygen atoms in total. The quantitative estimate of drug-likeness (QED) is 0.228. The molecular formula is C36H25N3S. The number of benzene rings is 5. The fourth-order valence-corrected chi connectivity index (χ4v) is 7.00. The normalized spacial score (nSPS) is 13.3. The van der Waals surface area contributed by atoms with Crippen LogP contribution >= 0.6 is 11.8 Å². The summed E-state index contributed by atoms with van der Waals surface area (Å²) in [5, 5.41) is 12.6. The van der Waals surface area contributed by atoms with E-state index < -0.39 is 0 Å². The number of rotatable bonds is 3. The molecule has 0 saturated carbocycles. The van der Waals surface area contributed by atoms with Gasteiger partial charge in [0, 0.05) is 31.9 Å². The number of nitrogens with zero attached hydrogens (tertiary/aromatic N) is 3. The Kier molecular flexibility index (Phi) is 5.77. The molecule has 0 radical (unpaired) electrons. The van der Waals surface area contributed by atoms with Gasteiger partial charge in [0.25, 0.3) is 0 Å². The molecule has 0 unspecified atom stereocenters. The molecule has 0 bridgehead atoms. The lowest BCUT2D eigenvalue weighted by Crippen LogP contribution is -2.24. The van der Waals surface area contributed by atoms with Gasteiger partial charge in [-0.25, -0.2) is 9.97 Å². The summed E-state index contributed by atoms with van der Waals surface area (Å²) in [6.45, 7) is 4.50. The first-order chi connectivity index (χ1) is 19.5. The second-order valence-corrected chi connectivity index (χ2v) is 11.7. The van der Waals surface area contributed by atoms with E-state index in [2.05, 4.69) is 105 Å². The van der Waals surface area contributed by atoms with Gasteiger partial charge < -0.3 is 0 Å². The summed E-state index contributed by atoms with van der Waals surface area (Å²) in [5.74, 6) is 0.559. The van der Waals surface area contributed by atoms with E-state index in [1.54, 1.807) is 11.8 Å². The van der Waals surface area contributed by atoms with Gasteiger partial charge in [-0.3, -0.25) is 0 Å². The third-order valence-electron chi connectivity index (χ3n) is 7.78. The van der Waals surface area contributed by atoms with Gasteiger partial charge in [0.15, 0.2) is 5.82 Å². The van der Waals surface area contributed by atoms with Crippen LogP contribution in [0.15, 0.2) is 125 Å². The minimum absolute atomic E-state index is 0.224. The van der Waals surface area contributed by atoms with Crippen molar-refractivity contribution in [2.45, 2.75) is 29.1 Å². The highest BCUT2D eigenvalue weighted by molar-refractivity contribution is 7.99. The molecule has 1 aliphatic heterocycles. The Labute approximate surface area is 238 Å². The van der Waals surface area contributed by atoms with Crippen LogP contribution in [-0.4, -0.2) is 9.97 Å². The first-order valence-corrected chi connectivity index (χ1v) is 14.1. The second kappa shape index (κ2) is 9.48. The Balaban J connectivity index is 1.45. The Morgan fingerprint density at radius 2 is 1.32 bits per heavy atom. The second-order valence-electron chi connectivity index (χ2n) is 10.6. The SMILES string of the molecule is CC1(C)c2ccccc2Sc2cc(C#N)c(-c3nc(-c4ccccc4)cc(-c4ccc5ccccc5c4)n3)cc21. The van der Waals surface area contributed by atoms with Gasteiger partial charge in [0.05, 0.1) is 23.0 Å². The van der Waals surface area contributed by atoms with E-state index in [4.69, 9.17) is 9.97 Å². The van der Waals surface area contributed by atoms with Gasteiger partial charge >= 0.3 is 0 Å². The van der Waals surface area contributed by atoms with Gasteiger partial charge in [-0.15, -0.1) is 0 Å². The highest BCUT2D eigenvalue weighted by Gasteiger charge is 2.34. The molecule has 1 aliphatic rings. The third-order valence-corrected chi connectivity index (χ3v) is 8.91. The standard InChI is InChI=1S/C36H25N3S/c1-36(2)29-14-8-9-15-33(29)40-34-19-27(22-37)28(20-30(34)36)35-38-31(24-11-4-3-5-12-24)21-32(39-35)26-17-16-23-10-6-7-13-25(23)18-26/h3-21H,1-2H3. The average molecular weight is 532 g/mol. The van der Waals surface area contributed by atoms with Crippen molar-refractivity contribution >= 4 is 22.5 Å². The van der Waals surface area contributed by atoms with E-state index in [9.17, 15) is 5.26 Å². The van der Waals surface area contributed by atoms with Crippen LogP contribution < -0.4 is 0 Å². The van der Waals surface area contributed by atoms with E-state index in [0.29, 0.717) is 11.4 Å². The van der Waals surface area contributed by atoms with Crippen LogP contribution in [0, 0.1) is 11.3 Å². The smallest absolute Gasteiger partial charge is 0.161 e. The maximum atomic E-state index is 10.3. The molecule has 5 aromatic carbocycles. The largest absolute Gasteiger partial charge is 0.228 e. The molecule has 0 atom stereocenters. The van der Waals surface area contributed by atoms with Gasteiger partial charge in [-0.2, -0.15) is 5.26 Å².